The number of hydrogen-bond donors (Lipinski definition) is 2. The lowest BCUT2D eigenvalue weighted by atomic mass is 9.66. The number of hydrogen-bond acceptors (Lipinski definition) is 2. The molecule has 2 rings (SSSR count). The molecule has 2 aliphatic rings. The van der Waals surface area contributed by atoms with Gasteiger partial charge < -0.3 is 11.5 Å². The second-order valence-corrected chi connectivity index (χ2v) is 5.70. The molecule has 0 bridgehead atoms. The lowest BCUT2D eigenvalue weighted by Crippen LogP contribution is -2.42. The van der Waals surface area contributed by atoms with Gasteiger partial charge in [0, 0.05) is 5.92 Å². The van der Waals surface area contributed by atoms with Crippen LogP contribution in [0.3, 0.4) is 0 Å². The molecule has 0 spiro atoms. The molecule has 4 nitrogen and oxygen atoms in total. The van der Waals surface area contributed by atoms with Crippen molar-refractivity contribution >= 4 is 11.8 Å². The average Bonchev–Trinajstić information content (AvgIpc) is 2.76. The summed E-state index contributed by atoms with van der Waals surface area (Å²) in [5.74, 6) is -0.264. The van der Waals surface area contributed by atoms with Crippen LogP contribution in [-0.4, -0.2) is 11.8 Å². The predicted molar refractivity (Wildman–Crippen MR) is 64.7 cm³/mol. The molecule has 17 heavy (non-hydrogen) atoms. The van der Waals surface area contributed by atoms with Gasteiger partial charge in [0.2, 0.25) is 11.8 Å². The molecule has 4 N–H and O–H groups in total. The quantitative estimate of drug-likeness (QED) is 0.777. The zero-order chi connectivity index (χ0) is 12.5. The number of rotatable bonds is 3. The number of amides is 2. The van der Waals surface area contributed by atoms with Crippen LogP contribution in [0.1, 0.15) is 51.4 Å². The largest absolute Gasteiger partial charge is 0.369 e. The first kappa shape index (κ1) is 12.4. The summed E-state index contributed by atoms with van der Waals surface area (Å²) >= 11 is 0. The Balaban J connectivity index is 2.16. The highest BCUT2D eigenvalue weighted by molar-refractivity contribution is 5.84. The minimum absolute atomic E-state index is 0.149. The van der Waals surface area contributed by atoms with E-state index in [0.717, 1.165) is 25.7 Å². The Morgan fingerprint density at radius 3 is 2.12 bits per heavy atom. The van der Waals surface area contributed by atoms with Crippen LogP contribution in [-0.2, 0) is 9.59 Å². The standard InChI is InChI=1S/C13H22N2O2/c14-11(16)9-6-7-13(8-9,12(15)17)10-4-2-1-3-5-10/h9-10H,1-8H2,(H2,14,16)(H2,15,17). The van der Waals surface area contributed by atoms with E-state index in [2.05, 4.69) is 0 Å². The van der Waals surface area contributed by atoms with E-state index in [-0.39, 0.29) is 17.7 Å². The molecule has 96 valence electrons. The fourth-order valence-electron chi connectivity index (χ4n) is 3.77. The van der Waals surface area contributed by atoms with Crippen molar-refractivity contribution in [3.63, 3.8) is 0 Å². The number of nitrogens with two attached hydrogens (primary N) is 2. The van der Waals surface area contributed by atoms with Gasteiger partial charge in [-0.15, -0.1) is 0 Å². The fourth-order valence-corrected chi connectivity index (χ4v) is 3.77. The minimum Gasteiger partial charge on any atom is -0.369 e. The summed E-state index contributed by atoms with van der Waals surface area (Å²) < 4.78 is 0. The van der Waals surface area contributed by atoms with Crippen molar-refractivity contribution in [2.45, 2.75) is 51.4 Å². The van der Waals surface area contributed by atoms with Gasteiger partial charge in [-0.25, -0.2) is 0 Å². The maximum absolute atomic E-state index is 11.9. The molecule has 0 radical (unpaired) electrons. The van der Waals surface area contributed by atoms with Crippen LogP contribution in [0.2, 0.25) is 0 Å². The highest BCUT2D eigenvalue weighted by atomic mass is 16.2. The Bertz CT molecular complexity index is 323. The van der Waals surface area contributed by atoms with Gasteiger partial charge in [-0.2, -0.15) is 0 Å². The fraction of sp³-hybridized carbons (Fsp3) is 0.846. The summed E-state index contributed by atoms with van der Waals surface area (Å²) in [5, 5.41) is 0. The molecule has 2 aliphatic carbocycles. The van der Waals surface area contributed by atoms with Crippen molar-refractivity contribution in [2.75, 3.05) is 0 Å². The van der Waals surface area contributed by atoms with Crippen molar-refractivity contribution < 1.29 is 9.59 Å². The molecular formula is C13H22N2O2. The number of primary amides is 2. The van der Waals surface area contributed by atoms with Crippen molar-refractivity contribution in [1.82, 2.24) is 0 Å². The monoisotopic (exact) mass is 238 g/mol. The van der Waals surface area contributed by atoms with Crippen LogP contribution in [0, 0.1) is 17.3 Å². The smallest absolute Gasteiger partial charge is 0.223 e. The van der Waals surface area contributed by atoms with E-state index < -0.39 is 5.41 Å². The van der Waals surface area contributed by atoms with Gasteiger partial charge in [0.05, 0.1) is 5.41 Å². The van der Waals surface area contributed by atoms with Crippen molar-refractivity contribution in [3.05, 3.63) is 0 Å². The van der Waals surface area contributed by atoms with Gasteiger partial charge in [0.25, 0.3) is 0 Å². The van der Waals surface area contributed by atoms with Gasteiger partial charge in [-0.3, -0.25) is 9.59 Å². The Hall–Kier alpha value is -1.06. The van der Waals surface area contributed by atoms with E-state index in [4.69, 9.17) is 11.5 Å². The van der Waals surface area contributed by atoms with Crippen LogP contribution in [0.15, 0.2) is 0 Å². The van der Waals surface area contributed by atoms with Crippen LogP contribution in [0.25, 0.3) is 0 Å². The van der Waals surface area contributed by atoms with Crippen LogP contribution >= 0.6 is 0 Å². The first-order valence-corrected chi connectivity index (χ1v) is 6.65. The molecule has 2 saturated carbocycles. The lowest BCUT2D eigenvalue weighted by molar-refractivity contribution is -0.132. The molecule has 2 unspecified atom stereocenters. The Morgan fingerprint density at radius 1 is 1.00 bits per heavy atom. The lowest BCUT2D eigenvalue weighted by Gasteiger charge is -2.37. The van der Waals surface area contributed by atoms with E-state index >= 15 is 0 Å². The van der Waals surface area contributed by atoms with E-state index in [0.29, 0.717) is 12.3 Å². The number of carbonyl (C=O) groups is 2. The zero-order valence-electron chi connectivity index (χ0n) is 10.3. The summed E-state index contributed by atoms with van der Waals surface area (Å²) in [4.78, 5) is 23.1. The van der Waals surface area contributed by atoms with E-state index in [1.54, 1.807) is 0 Å². The minimum atomic E-state index is -0.444. The third kappa shape index (κ3) is 2.17. The maximum Gasteiger partial charge on any atom is 0.223 e. The molecule has 0 aromatic heterocycles. The van der Waals surface area contributed by atoms with E-state index in [9.17, 15) is 9.59 Å². The Labute approximate surface area is 102 Å². The SMILES string of the molecule is NC(=O)C1CCC(C(N)=O)(C2CCCCC2)C1. The van der Waals surface area contributed by atoms with Crippen LogP contribution in [0.5, 0.6) is 0 Å². The first-order chi connectivity index (χ1) is 8.06. The van der Waals surface area contributed by atoms with E-state index in [1.165, 1.54) is 19.3 Å². The topological polar surface area (TPSA) is 86.2 Å². The molecule has 2 atom stereocenters. The Morgan fingerprint density at radius 2 is 1.65 bits per heavy atom. The second kappa shape index (κ2) is 4.67. The van der Waals surface area contributed by atoms with Gasteiger partial charge in [0.1, 0.15) is 0 Å². The highest BCUT2D eigenvalue weighted by Crippen LogP contribution is 2.51. The zero-order valence-corrected chi connectivity index (χ0v) is 10.3. The van der Waals surface area contributed by atoms with Gasteiger partial charge in [0.15, 0.2) is 0 Å². The third-order valence-corrected chi connectivity index (χ3v) is 4.83. The molecule has 0 aromatic carbocycles. The molecule has 0 aliphatic heterocycles. The first-order valence-electron chi connectivity index (χ1n) is 6.65. The molecular weight excluding hydrogens is 216 g/mol. The molecule has 0 aromatic rings. The summed E-state index contributed by atoms with van der Waals surface area (Å²) in [6.07, 6.45) is 7.84. The second-order valence-electron chi connectivity index (χ2n) is 5.70. The summed E-state index contributed by atoms with van der Waals surface area (Å²) in [7, 11) is 0. The van der Waals surface area contributed by atoms with Gasteiger partial charge in [-0.05, 0) is 38.0 Å². The van der Waals surface area contributed by atoms with Crippen LogP contribution in [0.4, 0.5) is 0 Å². The molecule has 2 fully saturated rings. The van der Waals surface area contributed by atoms with Crippen molar-refractivity contribution in [3.8, 4) is 0 Å². The summed E-state index contributed by atoms with van der Waals surface area (Å²) in [6.45, 7) is 0. The van der Waals surface area contributed by atoms with Gasteiger partial charge in [-0.1, -0.05) is 19.3 Å². The molecule has 0 heterocycles. The van der Waals surface area contributed by atoms with Crippen LogP contribution < -0.4 is 11.5 Å². The maximum atomic E-state index is 11.9. The van der Waals surface area contributed by atoms with E-state index in [1.807, 2.05) is 0 Å². The molecule has 2 amide bonds. The number of carbonyl (C=O) groups excluding carboxylic acids is 2. The highest BCUT2D eigenvalue weighted by Gasteiger charge is 2.50. The Kier molecular flexibility index (Phi) is 3.40. The third-order valence-electron chi connectivity index (χ3n) is 4.83. The predicted octanol–water partition coefficient (Wildman–Crippen LogP) is 1.32. The normalized spacial score (nSPS) is 34.7. The average molecular weight is 238 g/mol. The van der Waals surface area contributed by atoms with Crippen molar-refractivity contribution in [2.24, 2.45) is 28.7 Å². The summed E-state index contributed by atoms with van der Waals surface area (Å²) in [6, 6.07) is 0. The summed E-state index contributed by atoms with van der Waals surface area (Å²) in [5.41, 5.74) is 10.5. The molecule has 4 heteroatoms. The van der Waals surface area contributed by atoms with Gasteiger partial charge >= 0.3 is 0 Å². The molecule has 0 saturated heterocycles. The van der Waals surface area contributed by atoms with Crippen molar-refractivity contribution in [1.29, 1.82) is 0 Å².